The van der Waals surface area contributed by atoms with Crippen LogP contribution >= 0.6 is 15.6 Å². The zero-order valence-corrected chi connectivity index (χ0v) is 25.6. The van der Waals surface area contributed by atoms with Gasteiger partial charge >= 0.3 is 15.6 Å². The molecule has 220 valence electrons. The van der Waals surface area contributed by atoms with Gasteiger partial charge in [-0.3, -0.25) is 0 Å². The predicted molar refractivity (Wildman–Crippen MR) is 158 cm³/mol. The summed E-state index contributed by atoms with van der Waals surface area (Å²) in [5, 5.41) is 0. The predicted octanol–water partition coefficient (Wildman–Crippen LogP) is 9.95. The van der Waals surface area contributed by atoms with E-state index in [1.165, 1.54) is 51.4 Å². The van der Waals surface area contributed by atoms with Crippen molar-refractivity contribution >= 4 is 15.6 Å². The Morgan fingerprint density at radius 2 is 0.923 bits per heavy atom. The van der Waals surface area contributed by atoms with Crippen LogP contribution in [0.3, 0.4) is 0 Å². The van der Waals surface area contributed by atoms with Crippen LogP contribution in [-0.2, 0) is 26.3 Å². The molecule has 0 amide bonds. The lowest BCUT2D eigenvalue weighted by molar-refractivity contribution is 0.233. The Bertz CT molecular complexity index is 970. The van der Waals surface area contributed by atoms with Crippen molar-refractivity contribution in [1.29, 1.82) is 0 Å². The molecule has 0 aliphatic rings. The van der Waals surface area contributed by atoms with Crippen LogP contribution in [0.5, 0.6) is 11.5 Å². The molecule has 0 aliphatic heterocycles. The minimum atomic E-state index is -5.18. The molecule has 0 saturated carbocycles. The number of phosphoric ester groups is 1. The molecule has 2 aromatic rings. The van der Waals surface area contributed by atoms with Crippen LogP contribution in [0.1, 0.15) is 115 Å². The summed E-state index contributed by atoms with van der Waals surface area (Å²) in [6.45, 7) is 4.40. The van der Waals surface area contributed by atoms with Gasteiger partial charge in [-0.2, -0.15) is 4.31 Å². The second-order valence-electron chi connectivity index (χ2n) is 10.2. The van der Waals surface area contributed by atoms with Crippen molar-refractivity contribution in [3.8, 4) is 11.5 Å². The highest BCUT2D eigenvalue weighted by Crippen LogP contribution is 2.61. The van der Waals surface area contributed by atoms with Crippen LogP contribution in [0, 0.1) is 0 Å². The molecule has 9 heteroatoms. The molecular weight excluding hydrogens is 534 g/mol. The molecule has 2 rings (SSSR count). The van der Waals surface area contributed by atoms with E-state index in [1.807, 2.05) is 24.3 Å². The Kier molecular flexibility index (Phi) is 16.1. The number of para-hydroxylation sites is 2. The zero-order valence-electron chi connectivity index (χ0n) is 23.8. The summed E-state index contributed by atoms with van der Waals surface area (Å²) in [5.74, 6) is 0.481. The summed E-state index contributed by atoms with van der Waals surface area (Å²) in [4.78, 5) is 19.1. The van der Waals surface area contributed by atoms with Crippen molar-refractivity contribution in [2.45, 2.75) is 117 Å². The lowest BCUT2D eigenvalue weighted by Crippen LogP contribution is -2.07. The summed E-state index contributed by atoms with van der Waals surface area (Å²) >= 11 is 0. The first-order valence-electron chi connectivity index (χ1n) is 14.7. The van der Waals surface area contributed by atoms with Gasteiger partial charge in [0.15, 0.2) is 0 Å². The average molecular weight is 583 g/mol. The van der Waals surface area contributed by atoms with Gasteiger partial charge in [0, 0.05) is 0 Å². The number of unbranched alkanes of at least 4 members (excludes halogenated alkanes) is 12. The summed E-state index contributed by atoms with van der Waals surface area (Å²) < 4.78 is 41.5. The van der Waals surface area contributed by atoms with E-state index in [1.54, 1.807) is 24.3 Å². The largest absolute Gasteiger partial charge is 0.596 e. The van der Waals surface area contributed by atoms with E-state index in [-0.39, 0.29) is 11.5 Å². The van der Waals surface area contributed by atoms with Crippen molar-refractivity contribution < 1.29 is 32.3 Å². The molecule has 0 atom stereocenters. The van der Waals surface area contributed by atoms with E-state index >= 15 is 0 Å². The summed E-state index contributed by atoms with van der Waals surface area (Å²) in [7, 11) is -9.90. The van der Waals surface area contributed by atoms with Gasteiger partial charge < -0.3 is 18.8 Å². The number of hydrogen-bond acceptors (Lipinski definition) is 5. The van der Waals surface area contributed by atoms with Crippen molar-refractivity contribution in [3.05, 3.63) is 59.7 Å². The Balaban J connectivity index is 2.08. The fourth-order valence-electron chi connectivity index (χ4n) is 4.57. The van der Waals surface area contributed by atoms with Gasteiger partial charge in [0.1, 0.15) is 11.5 Å². The van der Waals surface area contributed by atoms with E-state index < -0.39 is 15.6 Å². The van der Waals surface area contributed by atoms with Crippen LogP contribution in [0.2, 0.25) is 0 Å². The third-order valence-electron chi connectivity index (χ3n) is 6.67. The van der Waals surface area contributed by atoms with Crippen molar-refractivity contribution in [2.24, 2.45) is 0 Å². The standard InChI is InChI=1S/C30H48O7P2/c1-3-5-7-9-11-13-15-21-27-23-17-19-25-29(27)35-39(34,37-38(31,32)33)36-30-26-20-18-24-28(30)22-16-14-12-10-8-6-4-2/h17-20,23-26H,3-16,21-22H2,1-2H3,(H2,31,32,33). The number of benzene rings is 2. The molecule has 0 radical (unpaired) electrons. The smallest absolute Gasteiger partial charge is 0.394 e. The highest BCUT2D eigenvalue weighted by molar-refractivity contribution is 7.61. The highest BCUT2D eigenvalue weighted by Gasteiger charge is 2.40. The van der Waals surface area contributed by atoms with E-state index in [9.17, 15) is 18.9 Å². The zero-order chi connectivity index (χ0) is 28.4. The average Bonchev–Trinajstić information content (AvgIpc) is 2.88. The number of phosphoric acid groups is 2. The van der Waals surface area contributed by atoms with Crippen LogP contribution in [0.4, 0.5) is 0 Å². The van der Waals surface area contributed by atoms with Crippen molar-refractivity contribution in [1.82, 2.24) is 0 Å². The molecule has 0 unspecified atom stereocenters. The molecule has 0 aromatic heterocycles. The molecule has 0 spiro atoms. The molecule has 2 aromatic carbocycles. The third-order valence-corrected chi connectivity index (χ3v) is 9.16. The van der Waals surface area contributed by atoms with E-state index in [0.29, 0.717) is 12.8 Å². The molecule has 0 bridgehead atoms. The maximum atomic E-state index is 13.7. The second kappa shape index (κ2) is 18.7. The summed E-state index contributed by atoms with van der Waals surface area (Å²) in [6, 6.07) is 14.1. The maximum Gasteiger partial charge on any atom is 0.596 e. The lowest BCUT2D eigenvalue weighted by atomic mass is 10.0. The maximum absolute atomic E-state index is 13.7. The van der Waals surface area contributed by atoms with Gasteiger partial charge in [0.2, 0.25) is 0 Å². The number of aryl methyl sites for hydroxylation is 2. The Hall–Kier alpha value is -1.62. The second-order valence-corrected chi connectivity index (χ2v) is 13.1. The third kappa shape index (κ3) is 14.5. The topological polar surface area (TPSA) is 102 Å². The van der Waals surface area contributed by atoms with Gasteiger partial charge in [0.05, 0.1) is 0 Å². The first kappa shape index (κ1) is 33.6. The molecule has 0 saturated heterocycles. The molecule has 39 heavy (non-hydrogen) atoms. The van der Waals surface area contributed by atoms with Crippen LogP contribution in [0.25, 0.3) is 0 Å². The van der Waals surface area contributed by atoms with Gasteiger partial charge in [-0.25, -0.2) is 9.13 Å². The minimum Gasteiger partial charge on any atom is -0.394 e. The Morgan fingerprint density at radius 3 is 1.31 bits per heavy atom. The van der Waals surface area contributed by atoms with Crippen LogP contribution < -0.4 is 9.05 Å². The summed E-state index contributed by atoms with van der Waals surface area (Å²) in [6.07, 6.45) is 17.5. The molecule has 0 aliphatic carbocycles. The molecule has 2 N–H and O–H groups in total. The highest BCUT2D eigenvalue weighted by atomic mass is 31.3. The first-order chi connectivity index (χ1) is 18.8. The van der Waals surface area contributed by atoms with Gasteiger partial charge in [-0.1, -0.05) is 127 Å². The summed E-state index contributed by atoms with van der Waals surface area (Å²) in [5.41, 5.74) is 1.58. The van der Waals surface area contributed by atoms with E-state index in [0.717, 1.165) is 49.7 Å². The Morgan fingerprint density at radius 1 is 0.564 bits per heavy atom. The van der Waals surface area contributed by atoms with Crippen LogP contribution in [0.15, 0.2) is 48.5 Å². The normalized spacial score (nSPS) is 12.0. The number of rotatable bonds is 22. The molecule has 0 fully saturated rings. The quantitative estimate of drug-likeness (QED) is 0.105. The Labute approximate surface area is 235 Å². The first-order valence-corrected chi connectivity index (χ1v) is 17.7. The fraction of sp³-hybridized carbons (Fsp3) is 0.600. The van der Waals surface area contributed by atoms with Crippen molar-refractivity contribution in [3.63, 3.8) is 0 Å². The van der Waals surface area contributed by atoms with E-state index in [2.05, 4.69) is 18.2 Å². The van der Waals surface area contributed by atoms with E-state index in [4.69, 9.17) is 9.05 Å². The van der Waals surface area contributed by atoms with Crippen molar-refractivity contribution in [2.75, 3.05) is 0 Å². The SMILES string of the molecule is CCCCCCCCCc1ccccc1OP(=O)(Oc1ccccc1CCCCCCCCC)OP(=O)(O)O. The minimum absolute atomic E-state index is 0.241. The monoisotopic (exact) mass is 582 g/mol. The molecule has 7 nitrogen and oxygen atoms in total. The van der Waals surface area contributed by atoms with Gasteiger partial charge in [0.25, 0.3) is 0 Å². The molecular formula is C30H48O7P2. The van der Waals surface area contributed by atoms with Gasteiger partial charge in [-0.15, -0.1) is 0 Å². The van der Waals surface area contributed by atoms with Crippen LogP contribution in [-0.4, -0.2) is 9.79 Å². The lowest BCUT2D eigenvalue weighted by Gasteiger charge is -2.22. The van der Waals surface area contributed by atoms with Gasteiger partial charge in [-0.05, 0) is 48.9 Å². The fourth-order valence-corrected chi connectivity index (χ4v) is 6.75. The molecule has 0 heterocycles. The number of hydrogen-bond donors (Lipinski definition) is 2.